The summed E-state index contributed by atoms with van der Waals surface area (Å²) in [5.74, 6) is 1.75. The fourth-order valence-corrected chi connectivity index (χ4v) is 3.16. The molecule has 0 aliphatic heterocycles. The van der Waals surface area contributed by atoms with Gasteiger partial charge in [-0.05, 0) is 20.8 Å². The summed E-state index contributed by atoms with van der Waals surface area (Å²) in [6.45, 7) is 7.43. The average Bonchev–Trinajstić information content (AvgIpc) is 3.00. The number of nitrogens with zero attached hydrogens (tertiary/aromatic N) is 6. The smallest absolute Gasteiger partial charge is 0.185 e. The summed E-state index contributed by atoms with van der Waals surface area (Å²) in [6.07, 6.45) is 0. The maximum atomic E-state index is 4.55. The quantitative estimate of drug-likeness (QED) is 0.791. The van der Waals surface area contributed by atoms with Crippen LogP contribution in [-0.4, -0.2) is 36.1 Å². The van der Waals surface area contributed by atoms with Crippen molar-refractivity contribution in [3.63, 3.8) is 0 Å². The van der Waals surface area contributed by atoms with Gasteiger partial charge in [0.15, 0.2) is 10.8 Å². The summed E-state index contributed by atoms with van der Waals surface area (Å²) in [5.41, 5.74) is 1.96. The van der Waals surface area contributed by atoms with Crippen molar-refractivity contribution in [3.8, 4) is 0 Å². The van der Waals surface area contributed by atoms with E-state index in [1.54, 1.807) is 11.3 Å². The van der Waals surface area contributed by atoms with Crippen LogP contribution in [0.25, 0.3) is 10.3 Å². The van der Waals surface area contributed by atoms with Crippen LogP contribution in [0.1, 0.15) is 17.3 Å². The zero-order valence-electron chi connectivity index (χ0n) is 12.0. The Morgan fingerprint density at radius 3 is 2.60 bits per heavy atom. The van der Waals surface area contributed by atoms with Crippen LogP contribution in [0, 0.1) is 20.8 Å². The highest BCUT2D eigenvalue weighted by atomic mass is 32.1. The Labute approximate surface area is 120 Å². The highest BCUT2D eigenvalue weighted by Crippen LogP contribution is 2.27. The summed E-state index contributed by atoms with van der Waals surface area (Å²) in [6, 6.07) is 0. The number of nitrogens with one attached hydrogen (secondary N) is 1. The van der Waals surface area contributed by atoms with Crippen LogP contribution in [-0.2, 0) is 13.6 Å². The predicted octanol–water partition coefficient (Wildman–Crippen LogP) is 1.66. The molecule has 0 radical (unpaired) electrons. The molecule has 0 amide bonds. The molecule has 0 saturated carbocycles. The molecular formula is C12H17N7S. The van der Waals surface area contributed by atoms with Crippen LogP contribution in [0.2, 0.25) is 0 Å². The molecule has 0 saturated heterocycles. The van der Waals surface area contributed by atoms with Crippen LogP contribution < -0.4 is 5.32 Å². The fourth-order valence-electron chi connectivity index (χ4n) is 2.20. The topological polar surface area (TPSA) is 73.5 Å². The number of aromatic nitrogens is 6. The molecule has 20 heavy (non-hydrogen) atoms. The molecule has 106 valence electrons. The van der Waals surface area contributed by atoms with E-state index in [1.165, 1.54) is 0 Å². The van der Waals surface area contributed by atoms with Crippen molar-refractivity contribution in [2.45, 2.75) is 27.3 Å². The van der Waals surface area contributed by atoms with Crippen molar-refractivity contribution >= 4 is 26.8 Å². The van der Waals surface area contributed by atoms with Gasteiger partial charge in [-0.2, -0.15) is 10.2 Å². The summed E-state index contributed by atoms with van der Waals surface area (Å²) < 4.78 is 4.86. The van der Waals surface area contributed by atoms with E-state index in [1.807, 2.05) is 37.2 Å². The zero-order valence-corrected chi connectivity index (χ0v) is 12.8. The Bertz CT molecular complexity index is 717. The maximum absolute atomic E-state index is 4.55. The van der Waals surface area contributed by atoms with Crippen LogP contribution in [0.15, 0.2) is 0 Å². The van der Waals surface area contributed by atoms with Crippen LogP contribution in [0.3, 0.4) is 0 Å². The third-order valence-electron chi connectivity index (χ3n) is 3.11. The normalized spacial score (nSPS) is 11.4. The average molecular weight is 291 g/mol. The van der Waals surface area contributed by atoms with Gasteiger partial charge in [0.25, 0.3) is 0 Å². The van der Waals surface area contributed by atoms with Gasteiger partial charge < -0.3 is 5.32 Å². The van der Waals surface area contributed by atoms with Gasteiger partial charge in [-0.15, -0.1) is 0 Å². The first kappa shape index (κ1) is 13.0. The molecule has 0 aliphatic rings. The Morgan fingerprint density at radius 2 is 1.95 bits per heavy atom. The highest BCUT2D eigenvalue weighted by molar-refractivity contribution is 7.22. The second kappa shape index (κ2) is 4.86. The molecule has 0 aliphatic carbocycles. The van der Waals surface area contributed by atoms with E-state index in [2.05, 4.69) is 25.5 Å². The Kier molecular flexibility index (Phi) is 3.17. The Balaban J connectivity index is 1.68. The van der Waals surface area contributed by atoms with Crippen molar-refractivity contribution in [2.24, 2.45) is 7.05 Å². The second-order valence-electron chi connectivity index (χ2n) is 4.74. The number of hydrogen-bond acceptors (Lipinski definition) is 6. The van der Waals surface area contributed by atoms with E-state index >= 15 is 0 Å². The SMILES string of the molecule is Cc1nc(C)n(CCNc2nc3c(s2)c(C)nn3C)n1. The molecule has 0 bridgehead atoms. The number of thiazole rings is 1. The predicted molar refractivity (Wildman–Crippen MR) is 79.1 cm³/mol. The third-order valence-corrected chi connectivity index (χ3v) is 4.22. The van der Waals surface area contributed by atoms with E-state index in [9.17, 15) is 0 Å². The summed E-state index contributed by atoms with van der Waals surface area (Å²) in [4.78, 5) is 8.84. The second-order valence-corrected chi connectivity index (χ2v) is 5.74. The third kappa shape index (κ3) is 2.26. The largest absolute Gasteiger partial charge is 0.360 e. The van der Waals surface area contributed by atoms with Crippen molar-refractivity contribution in [1.82, 2.24) is 29.5 Å². The van der Waals surface area contributed by atoms with E-state index in [0.29, 0.717) is 0 Å². The standard InChI is InChI=1S/C12H17N7S/c1-7-10-11(18(4)16-7)15-12(20-10)13-5-6-19-9(3)14-8(2)17-19/h5-6H2,1-4H3,(H,13,15). The molecule has 7 nitrogen and oxygen atoms in total. The minimum absolute atomic E-state index is 0.774. The lowest BCUT2D eigenvalue weighted by Crippen LogP contribution is -2.12. The van der Waals surface area contributed by atoms with Crippen molar-refractivity contribution in [3.05, 3.63) is 17.3 Å². The van der Waals surface area contributed by atoms with Gasteiger partial charge in [0.1, 0.15) is 11.6 Å². The number of rotatable bonds is 4. The van der Waals surface area contributed by atoms with Gasteiger partial charge in [-0.25, -0.2) is 19.3 Å². The molecule has 0 spiro atoms. The first-order valence-electron chi connectivity index (χ1n) is 6.46. The van der Waals surface area contributed by atoms with Gasteiger partial charge in [-0.3, -0.25) is 0 Å². The fraction of sp³-hybridized carbons (Fsp3) is 0.500. The van der Waals surface area contributed by atoms with Gasteiger partial charge >= 0.3 is 0 Å². The molecule has 8 heteroatoms. The lowest BCUT2D eigenvalue weighted by atomic mass is 10.5. The van der Waals surface area contributed by atoms with Gasteiger partial charge in [-0.1, -0.05) is 11.3 Å². The van der Waals surface area contributed by atoms with Crippen molar-refractivity contribution in [2.75, 3.05) is 11.9 Å². The van der Waals surface area contributed by atoms with Crippen LogP contribution >= 0.6 is 11.3 Å². The highest BCUT2D eigenvalue weighted by Gasteiger charge is 2.11. The molecule has 3 rings (SSSR count). The zero-order chi connectivity index (χ0) is 14.3. The lowest BCUT2D eigenvalue weighted by molar-refractivity contribution is 0.612. The van der Waals surface area contributed by atoms with E-state index in [-0.39, 0.29) is 0 Å². The van der Waals surface area contributed by atoms with Gasteiger partial charge in [0.05, 0.1) is 16.9 Å². The van der Waals surface area contributed by atoms with E-state index in [0.717, 1.165) is 45.9 Å². The van der Waals surface area contributed by atoms with Crippen molar-refractivity contribution in [1.29, 1.82) is 0 Å². The summed E-state index contributed by atoms with van der Waals surface area (Å²) >= 11 is 1.64. The minimum atomic E-state index is 0.774. The van der Waals surface area contributed by atoms with Crippen LogP contribution in [0.5, 0.6) is 0 Å². The van der Waals surface area contributed by atoms with Gasteiger partial charge in [0.2, 0.25) is 0 Å². The molecule has 0 aromatic carbocycles. The first-order valence-corrected chi connectivity index (χ1v) is 7.28. The molecule has 0 unspecified atom stereocenters. The molecule has 1 N–H and O–H groups in total. The first-order chi connectivity index (χ1) is 9.54. The van der Waals surface area contributed by atoms with Crippen LogP contribution in [0.4, 0.5) is 5.13 Å². The number of fused-ring (bicyclic) bond motifs is 1. The Morgan fingerprint density at radius 1 is 1.15 bits per heavy atom. The molecule has 3 aromatic heterocycles. The number of anilines is 1. The van der Waals surface area contributed by atoms with Crippen molar-refractivity contribution < 1.29 is 0 Å². The Hall–Kier alpha value is -1.96. The molecular weight excluding hydrogens is 274 g/mol. The lowest BCUT2D eigenvalue weighted by Gasteiger charge is -2.03. The van der Waals surface area contributed by atoms with E-state index in [4.69, 9.17) is 0 Å². The molecule has 0 atom stereocenters. The monoisotopic (exact) mass is 291 g/mol. The maximum Gasteiger partial charge on any atom is 0.185 e. The summed E-state index contributed by atoms with van der Waals surface area (Å²) in [5, 5.41) is 12.9. The molecule has 3 aromatic rings. The van der Waals surface area contributed by atoms with Gasteiger partial charge in [0, 0.05) is 13.6 Å². The summed E-state index contributed by atoms with van der Waals surface area (Å²) in [7, 11) is 1.92. The minimum Gasteiger partial charge on any atom is -0.360 e. The van der Waals surface area contributed by atoms with E-state index < -0.39 is 0 Å². The number of hydrogen-bond donors (Lipinski definition) is 1. The molecule has 3 heterocycles. The molecule has 0 fully saturated rings. The number of aryl methyl sites for hydroxylation is 4.